The number of hydrogen-bond acceptors (Lipinski definition) is 4. The molecule has 0 saturated carbocycles. The van der Waals surface area contributed by atoms with Crippen LogP contribution in [0, 0.1) is 0 Å². The maximum absolute atomic E-state index is 12.7. The highest BCUT2D eigenvalue weighted by molar-refractivity contribution is 7.89. The second-order valence-corrected chi connectivity index (χ2v) is 8.08. The first-order valence-corrected chi connectivity index (χ1v) is 10.3. The molecule has 0 bridgehead atoms. The molecule has 2 aromatic rings. The van der Waals surface area contributed by atoms with E-state index in [9.17, 15) is 26.4 Å². The Labute approximate surface area is 167 Å². The average molecular weight is 429 g/mol. The van der Waals surface area contributed by atoms with Crippen LogP contribution in [0.15, 0.2) is 59.5 Å². The number of amides is 1. The smallest absolute Gasteiger partial charge is 0.375 e. The van der Waals surface area contributed by atoms with Crippen molar-refractivity contribution >= 4 is 21.6 Å². The number of benzene rings is 2. The summed E-state index contributed by atoms with van der Waals surface area (Å²) in [5, 5.41) is 2.58. The fourth-order valence-electron chi connectivity index (χ4n) is 2.50. The van der Waals surface area contributed by atoms with E-state index in [0.717, 1.165) is 23.9 Å². The fourth-order valence-corrected chi connectivity index (χ4v) is 3.53. The van der Waals surface area contributed by atoms with Crippen LogP contribution >= 0.6 is 0 Å². The molecule has 0 spiro atoms. The predicted octanol–water partition coefficient (Wildman–Crippen LogP) is 2.63. The van der Waals surface area contributed by atoms with Gasteiger partial charge in [0, 0.05) is 25.8 Å². The van der Waals surface area contributed by atoms with Gasteiger partial charge in [0.1, 0.15) is 0 Å². The normalized spacial score (nSPS) is 11.9. The molecule has 0 heterocycles. The lowest BCUT2D eigenvalue weighted by atomic mass is 10.2. The summed E-state index contributed by atoms with van der Waals surface area (Å²) in [6.07, 6.45) is -4.02. The highest BCUT2D eigenvalue weighted by Gasteiger charge is 2.31. The van der Waals surface area contributed by atoms with Crippen molar-refractivity contribution in [1.29, 1.82) is 0 Å². The lowest BCUT2D eigenvalue weighted by Gasteiger charge is -2.19. The minimum Gasteiger partial charge on any atom is -0.375 e. The number of carbonyl (C=O) groups is 1. The van der Waals surface area contributed by atoms with Crippen LogP contribution in [-0.4, -0.2) is 41.0 Å². The Morgan fingerprint density at radius 1 is 1.07 bits per heavy atom. The Morgan fingerprint density at radius 2 is 1.76 bits per heavy atom. The summed E-state index contributed by atoms with van der Waals surface area (Å²) >= 11 is 0. The fraction of sp³-hybridized carbons (Fsp3) is 0.316. The van der Waals surface area contributed by atoms with Crippen molar-refractivity contribution in [3.05, 3.63) is 60.2 Å². The van der Waals surface area contributed by atoms with Gasteiger partial charge in [0.05, 0.1) is 17.0 Å². The maximum Gasteiger partial charge on any atom is 0.416 e. The minimum absolute atomic E-state index is 0.335. The third-order valence-electron chi connectivity index (χ3n) is 4.08. The van der Waals surface area contributed by atoms with Gasteiger partial charge >= 0.3 is 6.18 Å². The van der Waals surface area contributed by atoms with Crippen molar-refractivity contribution in [2.75, 3.05) is 31.6 Å². The van der Waals surface area contributed by atoms with E-state index in [0.29, 0.717) is 25.6 Å². The lowest BCUT2D eigenvalue weighted by molar-refractivity contribution is -0.137. The summed E-state index contributed by atoms with van der Waals surface area (Å²) in [5.74, 6) is -0.567. The van der Waals surface area contributed by atoms with E-state index in [1.54, 1.807) is 0 Å². The quantitative estimate of drug-likeness (QED) is 0.601. The SMILES string of the molecule is CN(CCCNC(=O)CNS(=O)(=O)c1cccc(C(F)(F)F)c1)c1ccccc1. The molecule has 6 nitrogen and oxygen atoms in total. The number of nitrogens with zero attached hydrogens (tertiary/aromatic N) is 1. The molecule has 10 heteroatoms. The largest absolute Gasteiger partial charge is 0.416 e. The monoisotopic (exact) mass is 429 g/mol. The highest BCUT2D eigenvalue weighted by Crippen LogP contribution is 2.30. The van der Waals surface area contributed by atoms with Crippen LogP contribution in [-0.2, 0) is 21.0 Å². The average Bonchev–Trinajstić information content (AvgIpc) is 2.69. The van der Waals surface area contributed by atoms with Crippen molar-refractivity contribution < 1.29 is 26.4 Å². The molecule has 1 amide bonds. The zero-order valence-electron chi connectivity index (χ0n) is 15.7. The first-order valence-electron chi connectivity index (χ1n) is 8.79. The zero-order chi connectivity index (χ0) is 21.5. The third-order valence-corrected chi connectivity index (χ3v) is 5.48. The molecule has 0 fully saturated rings. The van der Waals surface area contributed by atoms with Crippen LogP contribution in [0.5, 0.6) is 0 Å². The van der Waals surface area contributed by atoms with E-state index in [1.807, 2.05) is 47.0 Å². The van der Waals surface area contributed by atoms with E-state index in [2.05, 4.69) is 5.32 Å². The lowest BCUT2D eigenvalue weighted by Crippen LogP contribution is -2.38. The molecule has 0 aliphatic carbocycles. The second-order valence-electron chi connectivity index (χ2n) is 6.31. The number of carbonyl (C=O) groups excluding carboxylic acids is 1. The molecule has 0 aliphatic heterocycles. The minimum atomic E-state index is -4.66. The number of sulfonamides is 1. The molecule has 0 aromatic heterocycles. The third kappa shape index (κ3) is 7.06. The van der Waals surface area contributed by atoms with Crippen LogP contribution in [0.2, 0.25) is 0 Å². The van der Waals surface area contributed by atoms with Crippen molar-refractivity contribution in [1.82, 2.24) is 10.0 Å². The number of nitrogens with one attached hydrogen (secondary N) is 2. The number of rotatable bonds is 9. The van der Waals surface area contributed by atoms with Crippen LogP contribution in [0.25, 0.3) is 0 Å². The van der Waals surface area contributed by atoms with Crippen molar-refractivity contribution in [2.24, 2.45) is 0 Å². The molecular weight excluding hydrogens is 407 g/mol. The van der Waals surface area contributed by atoms with E-state index in [-0.39, 0.29) is 0 Å². The van der Waals surface area contributed by atoms with Gasteiger partial charge in [-0.05, 0) is 36.8 Å². The van der Waals surface area contributed by atoms with E-state index < -0.39 is 39.1 Å². The van der Waals surface area contributed by atoms with Gasteiger partial charge in [-0.15, -0.1) is 0 Å². The highest BCUT2D eigenvalue weighted by atomic mass is 32.2. The summed E-state index contributed by atoms with van der Waals surface area (Å²) in [4.78, 5) is 13.3. The number of anilines is 1. The van der Waals surface area contributed by atoms with Crippen molar-refractivity contribution in [3.8, 4) is 0 Å². The Morgan fingerprint density at radius 3 is 2.41 bits per heavy atom. The zero-order valence-corrected chi connectivity index (χ0v) is 16.6. The molecule has 158 valence electrons. The Bertz CT molecular complexity index is 919. The van der Waals surface area contributed by atoms with Gasteiger partial charge in [-0.3, -0.25) is 4.79 Å². The van der Waals surface area contributed by atoms with Gasteiger partial charge in [0.15, 0.2) is 0 Å². The van der Waals surface area contributed by atoms with Gasteiger partial charge in [0.2, 0.25) is 15.9 Å². The summed E-state index contributed by atoms with van der Waals surface area (Å²) in [7, 11) is -2.32. The molecule has 2 N–H and O–H groups in total. The van der Waals surface area contributed by atoms with Crippen molar-refractivity contribution in [2.45, 2.75) is 17.5 Å². The van der Waals surface area contributed by atoms with Crippen LogP contribution in [0.4, 0.5) is 18.9 Å². The molecule has 0 atom stereocenters. The Kier molecular flexibility index (Phi) is 7.63. The Balaban J connectivity index is 1.78. The standard InChI is InChI=1S/C19H22F3N3O3S/c1-25(16-8-3-2-4-9-16)12-6-11-23-18(26)14-24-29(27,28)17-10-5-7-15(13-17)19(20,21)22/h2-5,7-10,13,24H,6,11-12,14H2,1H3,(H,23,26). The van der Waals surface area contributed by atoms with Gasteiger partial charge in [0.25, 0.3) is 0 Å². The first-order chi connectivity index (χ1) is 13.6. The topological polar surface area (TPSA) is 78.5 Å². The van der Waals surface area contributed by atoms with E-state index in [4.69, 9.17) is 0 Å². The van der Waals surface area contributed by atoms with Gasteiger partial charge in [-0.25, -0.2) is 13.1 Å². The summed E-state index contributed by atoms with van der Waals surface area (Å²) < 4.78 is 64.4. The Hall–Kier alpha value is -2.59. The van der Waals surface area contributed by atoms with Gasteiger partial charge in [-0.2, -0.15) is 13.2 Å². The van der Waals surface area contributed by atoms with Crippen molar-refractivity contribution in [3.63, 3.8) is 0 Å². The summed E-state index contributed by atoms with van der Waals surface area (Å²) in [5.41, 5.74) is -0.0416. The molecule has 2 rings (SSSR count). The maximum atomic E-state index is 12.7. The van der Waals surface area contributed by atoms with Gasteiger partial charge < -0.3 is 10.2 Å². The molecule has 0 aliphatic rings. The second kappa shape index (κ2) is 9.75. The molecule has 0 radical (unpaired) electrons. The summed E-state index contributed by atoms with van der Waals surface area (Å²) in [6, 6.07) is 13.0. The number of para-hydroxylation sites is 1. The number of halogens is 3. The van der Waals surface area contributed by atoms with Crippen LogP contribution in [0.3, 0.4) is 0 Å². The molecular formula is C19H22F3N3O3S. The molecule has 2 aromatic carbocycles. The number of hydrogen-bond donors (Lipinski definition) is 2. The van der Waals surface area contributed by atoms with Gasteiger partial charge in [-0.1, -0.05) is 24.3 Å². The summed E-state index contributed by atoms with van der Waals surface area (Å²) in [6.45, 7) is 0.453. The van der Waals surface area contributed by atoms with Crippen LogP contribution < -0.4 is 14.9 Å². The van der Waals surface area contributed by atoms with Crippen LogP contribution in [0.1, 0.15) is 12.0 Å². The predicted molar refractivity (Wildman–Crippen MR) is 104 cm³/mol. The van der Waals surface area contributed by atoms with E-state index >= 15 is 0 Å². The molecule has 0 saturated heterocycles. The van der Waals surface area contributed by atoms with E-state index in [1.165, 1.54) is 0 Å². The first kappa shape index (κ1) is 22.7. The molecule has 0 unspecified atom stereocenters. The molecule has 29 heavy (non-hydrogen) atoms. The number of alkyl halides is 3.